The van der Waals surface area contributed by atoms with Gasteiger partial charge in [-0.05, 0) is 23.8 Å². The van der Waals surface area contributed by atoms with Crippen molar-refractivity contribution >= 4 is 39.4 Å². The summed E-state index contributed by atoms with van der Waals surface area (Å²) in [5.74, 6) is -0.852. The average molecular weight is 343 g/mol. The van der Waals surface area contributed by atoms with Gasteiger partial charge in [0, 0.05) is 23.5 Å². The van der Waals surface area contributed by atoms with E-state index in [4.69, 9.17) is 0 Å². The van der Waals surface area contributed by atoms with Crippen molar-refractivity contribution in [3.63, 3.8) is 0 Å². The van der Waals surface area contributed by atoms with Gasteiger partial charge in [-0.1, -0.05) is 35.5 Å². The molecule has 1 aliphatic rings. The molecular weight excluding hydrogens is 330 g/mol. The number of para-hydroxylation sites is 2. The normalized spacial score (nSPS) is 14.6. The van der Waals surface area contributed by atoms with Crippen LogP contribution in [0.3, 0.4) is 0 Å². The molecule has 0 saturated carbocycles. The first kappa shape index (κ1) is 14.6. The number of carbonyl (C=O) groups excluding carboxylic acids is 2. The van der Waals surface area contributed by atoms with Crippen molar-refractivity contribution in [2.75, 3.05) is 0 Å². The van der Waals surface area contributed by atoms with E-state index in [1.54, 1.807) is 0 Å². The maximum absolute atomic E-state index is 12.4. The van der Waals surface area contributed by atoms with Crippen LogP contribution in [0.1, 0.15) is 5.56 Å². The molecule has 126 valence electrons. The number of H-pyrrole nitrogens is 1. The maximum Gasteiger partial charge on any atom is 0.277 e. The minimum absolute atomic E-state index is 0.231. The molecule has 5 rings (SSSR count). The van der Waals surface area contributed by atoms with E-state index in [2.05, 4.69) is 20.6 Å². The molecule has 0 bridgehead atoms. The number of benzene rings is 2. The molecule has 0 spiro atoms. The van der Waals surface area contributed by atoms with Gasteiger partial charge in [0.05, 0.1) is 11.1 Å². The van der Waals surface area contributed by atoms with Crippen LogP contribution in [0, 0.1) is 0 Å². The molecule has 2 aromatic carbocycles. The van der Waals surface area contributed by atoms with Crippen molar-refractivity contribution in [1.82, 2.24) is 25.3 Å². The van der Waals surface area contributed by atoms with Gasteiger partial charge in [-0.2, -0.15) is 0 Å². The smallest absolute Gasteiger partial charge is 0.277 e. The summed E-state index contributed by atoms with van der Waals surface area (Å²) in [4.78, 5) is 28.1. The van der Waals surface area contributed by atoms with E-state index in [1.165, 1.54) is 4.68 Å². The van der Waals surface area contributed by atoms with Crippen LogP contribution in [-0.2, 0) is 16.0 Å². The highest BCUT2D eigenvalue weighted by molar-refractivity contribution is 6.32. The van der Waals surface area contributed by atoms with Crippen molar-refractivity contribution in [2.45, 2.75) is 6.42 Å². The molecule has 0 radical (unpaired) electrons. The van der Waals surface area contributed by atoms with E-state index in [1.807, 2.05) is 54.7 Å². The highest BCUT2D eigenvalue weighted by atomic mass is 16.2. The van der Waals surface area contributed by atoms with Crippen LogP contribution in [0.5, 0.6) is 0 Å². The zero-order chi connectivity index (χ0) is 17.7. The van der Waals surface area contributed by atoms with Crippen molar-refractivity contribution in [2.24, 2.45) is 0 Å². The third-order valence-corrected chi connectivity index (χ3v) is 4.61. The van der Waals surface area contributed by atoms with Gasteiger partial charge in [-0.25, -0.2) is 4.68 Å². The summed E-state index contributed by atoms with van der Waals surface area (Å²) in [6.07, 6.45) is 2.19. The Bertz CT molecular complexity index is 1230. The zero-order valence-corrected chi connectivity index (χ0v) is 13.6. The molecule has 7 nitrogen and oxygen atoms in total. The van der Waals surface area contributed by atoms with E-state index >= 15 is 0 Å². The third kappa shape index (κ3) is 2.07. The second-order valence-corrected chi connectivity index (χ2v) is 6.14. The van der Waals surface area contributed by atoms with E-state index in [-0.39, 0.29) is 5.70 Å². The second-order valence-electron chi connectivity index (χ2n) is 6.14. The first-order valence-corrected chi connectivity index (χ1v) is 8.17. The van der Waals surface area contributed by atoms with Crippen molar-refractivity contribution < 1.29 is 9.59 Å². The second kappa shape index (κ2) is 5.38. The lowest BCUT2D eigenvalue weighted by Gasteiger charge is -2.04. The number of aromatic nitrogens is 4. The number of imide groups is 1. The molecule has 7 heteroatoms. The van der Waals surface area contributed by atoms with Crippen molar-refractivity contribution in [3.05, 3.63) is 65.9 Å². The Morgan fingerprint density at radius 1 is 0.962 bits per heavy atom. The van der Waals surface area contributed by atoms with E-state index in [9.17, 15) is 9.59 Å². The van der Waals surface area contributed by atoms with Gasteiger partial charge < -0.3 is 4.98 Å². The van der Waals surface area contributed by atoms with E-state index < -0.39 is 11.8 Å². The molecule has 4 aromatic rings. The molecule has 0 atom stereocenters. The number of carbonyl (C=O) groups is 2. The number of rotatable bonds is 3. The molecular formula is C19H13N5O2. The van der Waals surface area contributed by atoms with Crippen LogP contribution < -0.4 is 5.32 Å². The summed E-state index contributed by atoms with van der Waals surface area (Å²) in [6.45, 7) is 0. The van der Waals surface area contributed by atoms with Crippen LogP contribution in [-0.4, -0.2) is 31.8 Å². The molecule has 2 aromatic heterocycles. The predicted octanol–water partition coefficient (Wildman–Crippen LogP) is 2.02. The highest BCUT2D eigenvalue weighted by Crippen LogP contribution is 2.27. The minimum Gasteiger partial charge on any atom is -0.361 e. The molecule has 2 amide bonds. The molecule has 0 fully saturated rings. The molecule has 0 saturated heterocycles. The minimum atomic E-state index is -0.458. The number of nitrogens with one attached hydrogen (secondary N) is 2. The van der Waals surface area contributed by atoms with Gasteiger partial charge in [-0.3, -0.25) is 14.9 Å². The third-order valence-electron chi connectivity index (χ3n) is 4.61. The molecule has 0 aliphatic carbocycles. The standard InChI is InChI=1S/C19H13N5O2/c25-18-13(9-11-10-20-14-6-2-1-5-12(11)14)17(19(26)21-18)24-16-8-4-3-7-15(16)22-23-24/h1-8,10,20H,9H2,(H,21,25,26). The molecule has 3 heterocycles. The van der Waals surface area contributed by atoms with Crippen LogP contribution in [0.2, 0.25) is 0 Å². The number of amides is 2. The van der Waals surface area contributed by atoms with Gasteiger partial charge in [0.1, 0.15) is 11.2 Å². The van der Waals surface area contributed by atoms with Gasteiger partial charge in [0.25, 0.3) is 11.8 Å². The summed E-state index contributed by atoms with van der Waals surface area (Å²) in [7, 11) is 0. The van der Waals surface area contributed by atoms with Crippen LogP contribution in [0.15, 0.2) is 60.3 Å². The van der Waals surface area contributed by atoms with Gasteiger partial charge in [0.15, 0.2) is 0 Å². The van der Waals surface area contributed by atoms with E-state index in [0.29, 0.717) is 23.0 Å². The Morgan fingerprint density at radius 2 is 1.77 bits per heavy atom. The topological polar surface area (TPSA) is 92.7 Å². The molecule has 1 aliphatic heterocycles. The quantitative estimate of drug-likeness (QED) is 0.557. The lowest BCUT2D eigenvalue weighted by atomic mass is 10.0. The first-order chi connectivity index (χ1) is 12.7. The van der Waals surface area contributed by atoms with Crippen molar-refractivity contribution in [1.29, 1.82) is 0 Å². The fourth-order valence-corrected chi connectivity index (χ4v) is 3.37. The predicted molar refractivity (Wildman–Crippen MR) is 95.9 cm³/mol. The number of aromatic amines is 1. The van der Waals surface area contributed by atoms with Crippen LogP contribution >= 0.6 is 0 Å². The largest absolute Gasteiger partial charge is 0.361 e. The summed E-state index contributed by atoms with van der Waals surface area (Å²) < 4.78 is 1.44. The monoisotopic (exact) mass is 343 g/mol. The Kier molecular flexibility index (Phi) is 3.02. The van der Waals surface area contributed by atoms with Crippen LogP contribution in [0.4, 0.5) is 0 Å². The number of hydrogen-bond donors (Lipinski definition) is 2. The number of nitrogens with zero attached hydrogens (tertiary/aromatic N) is 3. The fourth-order valence-electron chi connectivity index (χ4n) is 3.37. The maximum atomic E-state index is 12.4. The highest BCUT2D eigenvalue weighted by Gasteiger charge is 2.33. The number of hydrogen-bond acceptors (Lipinski definition) is 4. The van der Waals surface area contributed by atoms with Gasteiger partial charge in [-0.15, -0.1) is 5.10 Å². The Labute approximate surface area is 147 Å². The fraction of sp³-hybridized carbons (Fsp3) is 0.0526. The van der Waals surface area contributed by atoms with E-state index in [0.717, 1.165) is 16.5 Å². The molecule has 0 unspecified atom stereocenters. The summed E-state index contributed by atoms with van der Waals surface area (Å²) in [6, 6.07) is 15.2. The first-order valence-electron chi connectivity index (χ1n) is 8.17. The summed E-state index contributed by atoms with van der Waals surface area (Å²) >= 11 is 0. The lowest BCUT2D eigenvalue weighted by Crippen LogP contribution is -2.24. The Balaban J connectivity index is 1.68. The molecule has 2 N–H and O–H groups in total. The number of fused-ring (bicyclic) bond motifs is 2. The SMILES string of the molecule is O=C1NC(=O)C(n2nnc3ccccc32)=C1Cc1c[nH]c2ccccc12. The van der Waals surface area contributed by atoms with Gasteiger partial charge in [0.2, 0.25) is 0 Å². The summed E-state index contributed by atoms with van der Waals surface area (Å²) in [5, 5.41) is 11.6. The van der Waals surface area contributed by atoms with Crippen LogP contribution in [0.25, 0.3) is 27.6 Å². The Morgan fingerprint density at radius 3 is 2.69 bits per heavy atom. The molecule has 26 heavy (non-hydrogen) atoms. The zero-order valence-electron chi connectivity index (χ0n) is 13.6. The van der Waals surface area contributed by atoms with Crippen molar-refractivity contribution in [3.8, 4) is 0 Å². The summed E-state index contributed by atoms with van der Waals surface area (Å²) in [5.41, 5.74) is 3.90. The average Bonchev–Trinajstić information content (AvgIpc) is 3.32. The lowest BCUT2D eigenvalue weighted by molar-refractivity contribution is -0.123. The van der Waals surface area contributed by atoms with Gasteiger partial charge >= 0.3 is 0 Å². The Hall–Kier alpha value is -3.74.